The van der Waals surface area contributed by atoms with Crippen LogP contribution in [0.5, 0.6) is 0 Å². The maximum atomic E-state index is 13.2. The maximum Gasteiger partial charge on any atom is 0.283 e. The minimum Gasteiger partial charge on any atom is -0.350 e. The highest BCUT2D eigenvalue weighted by Gasteiger charge is 2.39. The van der Waals surface area contributed by atoms with Crippen molar-refractivity contribution in [2.24, 2.45) is 0 Å². The van der Waals surface area contributed by atoms with Gasteiger partial charge in [-0.15, -0.1) is 0 Å². The van der Waals surface area contributed by atoms with E-state index in [0.717, 1.165) is 49.3 Å². The number of carbonyl (C=O) groups is 3. The van der Waals surface area contributed by atoms with Crippen molar-refractivity contribution < 1.29 is 18.8 Å². The molecule has 0 aromatic heterocycles. The Morgan fingerprint density at radius 1 is 1.12 bits per heavy atom. The fraction of sp³-hybridized carbons (Fsp3) is 0.292. The van der Waals surface area contributed by atoms with Gasteiger partial charge in [0.25, 0.3) is 17.7 Å². The molecule has 0 saturated carbocycles. The molecule has 1 unspecified atom stereocenters. The second-order valence-corrected chi connectivity index (χ2v) is 8.25. The molecule has 2 aromatic rings. The standard InChI is InChI=1S/C24H23ClFN3O3/c1-2-18-8-3-4-13-28(18)22(30)15-6-5-7-17(14-15)27-21-20(25)23(31)29(24(21)32)19-11-9-16(26)10-12-19/h5-7,9-12,14,18,27H,2-4,8,13H2,1H3. The van der Waals surface area contributed by atoms with Gasteiger partial charge >= 0.3 is 0 Å². The van der Waals surface area contributed by atoms with E-state index in [1.807, 2.05) is 4.90 Å². The summed E-state index contributed by atoms with van der Waals surface area (Å²) in [5.41, 5.74) is 1.10. The summed E-state index contributed by atoms with van der Waals surface area (Å²) in [6.07, 6.45) is 4.01. The number of piperidine rings is 1. The molecule has 166 valence electrons. The van der Waals surface area contributed by atoms with Gasteiger partial charge in [-0.05, 0) is 68.1 Å². The van der Waals surface area contributed by atoms with Crippen LogP contribution in [-0.4, -0.2) is 35.2 Å². The number of nitrogens with zero attached hydrogens (tertiary/aromatic N) is 2. The van der Waals surface area contributed by atoms with E-state index in [0.29, 0.717) is 11.3 Å². The molecule has 8 heteroatoms. The quantitative estimate of drug-likeness (QED) is 0.665. The predicted octanol–water partition coefficient (Wildman–Crippen LogP) is 4.67. The highest BCUT2D eigenvalue weighted by atomic mass is 35.5. The van der Waals surface area contributed by atoms with Crippen molar-refractivity contribution >= 4 is 40.7 Å². The Hall–Kier alpha value is -3.19. The number of carbonyl (C=O) groups excluding carboxylic acids is 3. The predicted molar refractivity (Wildman–Crippen MR) is 121 cm³/mol. The Bertz CT molecular complexity index is 1100. The van der Waals surface area contributed by atoms with E-state index >= 15 is 0 Å². The Kier molecular flexibility index (Phi) is 6.28. The first-order chi connectivity index (χ1) is 15.4. The monoisotopic (exact) mass is 455 g/mol. The third kappa shape index (κ3) is 4.12. The van der Waals surface area contributed by atoms with Crippen molar-refractivity contribution in [3.05, 3.63) is 70.6 Å². The summed E-state index contributed by atoms with van der Waals surface area (Å²) in [4.78, 5) is 41.4. The average molecular weight is 456 g/mol. The molecule has 0 spiro atoms. The van der Waals surface area contributed by atoms with Gasteiger partial charge in [-0.1, -0.05) is 24.6 Å². The molecule has 1 fully saturated rings. The molecule has 3 amide bonds. The lowest BCUT2D eigenvalue weighted by molar-refractivity contribution is -0.120. The summed E-state index contributed by atoms with van der Waals surface area (Å²) >= 11 is 6.17. The number of anilines is 2. The minimum atomic E-state index is -0.697. The van der Waals surface area contributed by atoms with Crippen LogP contribution in [0.1, 0.15) is 43.0 Å². The van der Waals surface area contributed by atoms with Crippen LogP contribution in [0.2, 0.25) is 0 Å². The SMILES string of the molecule is CCC1CCCCN1C(=O)c1cccc(NC2=C(Cl)C(=O)N(c3ccc(F)cc3)C2=O)c1. The van der Waals surface area contributed by atoms with Crippen molar-refractivity contribution in [2.75, 3.05) is 16.8 Å². The molecule has 0 aliphatic carbocycles. The summed E-state index contributed by atoms with van der Waals surface area (Å²) in [7, 11) is 0. The van der Waals surface area contributed by atoms with Gasteiger partial charge in [0.05, 0.1) is 5.69 Å². The number of halogens is 2. The molecule has 6 nitrogen and oxygen atoms in total. The van der Waals surface area contributed by atoms with E-state index in [4.69, 9.17) is 11.6 Å². The highest BCUT2D eigenvalue weighted by Crippen LogP contribution is 2.30. The first-order valence-corrected chi connectivity index (χ1v) is 11.0. The molecule has 2 heterocycles. The van der Waals surface area contributed by atoms with Crippen molar-refractivity contribution in [3.63, 3.8) is 0 Å². The van der Waals surface area contributed by atoms with Gasteiger partial charge in [0.2, 0.25) is 0 Å². The number of rotatable bonds is 5. The Balaban J connectivity index is 1.55. The van der Waals surface area contributed by atoms with Crippen LogP contribution < -0.4 is 10.2 Å². The Labute approximate surface area is 190 Å². The van der Waals surface area contributed by atoms with Crippen molar-refractivity contribution in [2.45, 2.75) is 38.6 Å². The number of likely N-dealkylation sites (tertiary alicyclic amines) is 1. The van der Waals surface area contributed by atoms with Gasteiger partial charge in [0.1, 0.15) is 16.5 Å². The van der Waals surface area contributed by atoms with E-state index in [1.54, 1.807) is 24.3 Å². The Morgan fingerprint density at radius 2 is 1.88 bits per heavy atom. The number of benzene rings is 2. The lowest BCUT2D eigenvalue weighted by Crippen LogP contribution is -2.43. The van der Waals surface area contributed by atoms with Gasteiger partial charge in [-0.3, -0.25) is 14.4 Å². The number of nitrogens with one attached hydrogen (secondary N) is 1. The fourth-order valence-corrected chi connectivity index (χ4v) is 4.38. The highest BCUT2D eigenvalue weighted by molar-refractivity contribution is 6.53. The molecule has 2 aliphatic heterocycles. The molecule has 0 radical (unpaired) electrons. The van der Waals surface area contributed by atoms with Gasteiger partial charge in [0, 0.05) is 23.8 Å². The summed E-state index contributed by atoms with van der Waals surface area (Å²) in [6, 6.07) is 12.0. The molecule has 2 aromatic carbocycles. The molecule has 1 N–H and O–H groups in total. The van der Waals surface area contributed by atoms with E-state index in [1.165, 1.54) is 12.1 Å². The largest absolute Gasteiger partial charge is 0.350 e. The second-order valence-electron chi connectivity index (χ2n) is 7.87. The molecule has 1 atom stereocenters. The lowest BCUT2D eigenvalue weighted by Gasteiger charge is -2.35. The van der Waals surface area contributed by atoms with Crippen LogP contribution in [0.15, 0.2) is 59.3 Å². The van der Waals surface area contributed by atoms with Crippen LogP contribution in [0.4, 0.5) is 15.8 Å². The van der Waals surface area contributed by atoms with Crippen LogP contribution in [0, 0.1) is 5.82 Å². The average Bonchev–Trinajstić information content (AvgIpc) is 3.02. The molecular weight excluding hydrogens is 433 g/mol. The molecule has 4 rings (SSSR count). The van der Waals surface area contributed by atoms with Gasteiger partial charge in [-0.2, -0.15) is 0 Å². The summed E-state index contributed by atoms with van der Waals surface area (Å²) in [5.74, 6) is -1.88. The number of hydrogen-bond donors (Lipinski definition) is 1. The molecule has 1 saturated heterocycles. The normalized spacial score (nSPS) is 19.0. The smallest absolute Gasteiger partial charge is 0.283 e. The zero-order valence-electron chi connectivity index (χ0n) is 17.6. The number of imide groups is 1. The van der Waals surface area contributed by atoms with E-state index in [9.17, 15) is 18.8 Å². The van der Waals surface area contributed by atoms with E-state index in [2.05, 4.69) is 12.2 Å². The summed E-state index contributed by atoms with van der Waals surface area (Å²) in [5, 5.41) is 2.63. The second kappa shape index (κ2) is 9.12. The first-order valence-electron chi connectivity index (χ1n) is 10.6. The zero-order valence-corrected chi connectivity index (χ0v) is 18.4. The number of hydrogen-bond acceptors (Lipinski definition) is 4. The molecular formula is C24H23ClFN3O3. The van der Waals surface area contributed by atoms with Crippen molar-refractivity contribution in [3.8, 4) is 0 Å². The lowest BCUT2D eigenvalue weighted by atomic mass is 9.99. The van der Waals surface area contributed by atoms with Gasteiger partial charge in [-0.25, -0.2) is 9.29 Å². The topological polar surface area (TPSA) is 69.7 Å². The third-order valence-electron chi connectivity index (χ3n) is 5.85. The van der Waals surface area contributed by atoms with Crippen molar-refractivity contribution in [1.82, 2.24) is 4.90 Å². The molecule has 2 aliphatic rings. The summed E-state index contributed by atoms with van der Waals surface area (Å²) in [6.45, 7) is 2.81. The maximum absolute atomic E-state index is 13.2. The summed E-state index contributed by atoms with van der Waals surface area (Å²) < 4.78 is 13.2. The Morgan fingerprint density at radius 3 is 2.59 bits per heavy atom. The minimum absolute atomic E-state index is 0.0537. The van der Waals surface area contributed by atoms with Crippen LogP contribution >= 0.6 is 11.6 Å². The fourth-order valence-electron chi connectivity index (χ4n) is 4.17. The zero-order chi connectivity index (χ0) is 22.8. The number of amides is 3. The third-order valence-corrected chi connectivity index (χ3v) is 6.20. The van der Waals surface area contributed by atoms with Crippen LogP contribution in [0.25, 0.3) is 0 Å². The van der Waals surface area contributed by atoms with E-state index < -0.39 is 17.6 Å². The van der Waals surface area contributed by atoms with Gasteiger partial charge in [0.15, 0.2) is 0 Å². The van der Waals surface area contributed by atoms with Crippen LogP contribution in [0.3, 0.4) is 0 Å². The van der Waals surface area contributed by atoms with Crippen LogP contribution in [-0.2, 0) is 9.59 Å². The molecule has 0 bridgehead atoms. The molecule has 32 heavy (non-hydrogen) atoms. The van der Waals surface area contributed by atoms with E-state index in [-0.39, 0.29) is 28.4 Å². The van der Waals surface area contributed by atoms with Crippen molar-refractivity contribution in [1.29, 1.82) is 0 Å². The van der Waals surface area contributed by atoms with Gasteiger partial charge < -0.3 is 10.2 Å². The first kappa shape index (κ1) is 22.0.